The Morgan fingerprint density at radius 1 is 0.355 bits per heavy atom. The number of halogens is 2. The van der Waals surface area contributed by atoms with Crippen LogP contribution in [0.15, 0.2) is 242 Å². The van der Waals surface area contributed by atoms with Gasteiger partial charge in [0, 0.05) is 33.3 Å². The molecule has 0 N–H and O–H groups in total. The van der Waals surface area contributed by atoms with E-state index >= 15 is 8.78 Å². The summed E-state index contributed by atoms with van der Waals surface area (Å²) in [4.78, 5) is 3.17. The van der Waals surface area contributed by atoms with Crippen LogP contribution < -0.4 is 20.2 Å². The van der Waals surface area contributed by atoms with E-state index in [-0.39, 0.29) is 33.6 Å². The Morgan fingerprint density at radius 2 is 0.697 bits per heavy atom. The quantitative estimate of drug-likeness (QED) is 0.0889. The molecule has 0 saturated heterocycles. The van der Waals surface area contributed by atoms with E-state index in [1.165, 1.54) is 12.1 Å². The Morgan fingerprint density at radius 3 is 1.05 bits per heavy atom. The van der Waals surface area contributed by atoms with Crippen LogP contribution in [0.1, 0.15) is 27.4 Å². The highest BCUT2D eigenvalue weighted by molar-refractivity contribution is 6.89. The molecule has 0 amide bonds. The number of anilines is 6. The standard InChI is InChI=1S/C70H58F2N2Si2/c1-75(2,3)57-31-19-29-55(45-57)73(69-61(49-25-15-9-16-26-49)41-53(43-63(69)71)47-21-11-7-12-22-47)65-39-35-51-34-38-60-66(40-36-52-33-37-59(65)67(51)68(52)60)74(56-30-20-32-58(46-56)76(4,5)6)70-62(50-27-17-10-18-28-50)42-54(44-64(70)72)48-23-13-8-14-24-48/h7-46H,1-6H3/i7D,8D,9D,10D,11D,12D,13D,14D,15D,16D,17D,18D,21D,22D,23D,24D,25D,26D,27D,28D. The molecule has 12 aromatic rings. The van der Waals surface area contributed by atoms with E-state index in [0.29, 0.717) is 55.1 Å². The monoisotopic (exact) mass is 1040 g/mol. The van der Waals surface area contributed by atoms with Gasteiger partial charge >= 0.3 is 0 Å². The van der Waals surface area contributed by atoms with Crippen molar-refractivity contribution < 1.29 is 36.2 Å². The summed E-state index contributed by atoms with van der Waals surface area (Å²) in [6, 6.07) is 19.6. The Hall–Kier alpha value is -8.43. The zero-order valence-corrected chi connectivity index (χ0v) is 44.2. The summed E-state index contributed by atoms with van der Waals surface area (Å²) in [5, 5.41) is 5.26. The lowest BCUT2D eigenvalue weighted by atomic mass is 9.90. The summed E-state index contributed by atoms with van der Waals surface area (Å²) < 4.78 is 215. The molecule has 76 heavy (non-hydrogen) atoms. The van der Waals surface area contributed by atoms with E-state index in [9.17, 15) is 5.48 Å². The first-order valence-corrected chi connectivity index (χ1v) is 31.6. The lowest BCUT2D eigenvalue weighted by Crippen LogP contribution is -2.37. The number of rotatable bonds is 12. The van der Waals surface area contributed by atoms with E-state index in [1.54, 1.807) is 34.1 Å². The van der Waals surface area contributed by atoms with Crippen molar-refractivity contribution in [1.29, 1.82) is 0 Å². The minimum atomic E-state index is -2.25. The first kappa shape index (κ1) is 30.8. The fraction of sp³-hybridized carbons (Fsp3) is 0.0857. The van der Waals surface area contributed by atoms with Crippen LogP contribution in [0.4, 0.5) is 42.9 Å². The van der Waals surface area contributed by atoms with Gasteiger partial charge in [0.1, 0.15) is 11.6 Å². The zero-order chi connectivity index (χ0) is 69.7. The fourth-order valence-corrected chi connectivity index (χ4v) is 12.4. The van der Waals surface area contributed by atoms with Crippen molar-refractivity contribution in [2.75, 3.05) is 9.80 Å². The van der Waals surface area contributed by atoms with Gasteiger partial charge in [0.05, 0.1) is 66.3 Å². The number of hydrogen-bond donors (Lipinski definition) is 0. The summed E-state index contributed by atoms with van der Waals surface area (Å²) in [5.41, 5.74) is -2.10. The SMILES string of the molecule is [2H]c1c([2H])c([2H])c(-c2cc(F)c(N(c3cccc([Si](C)(C)C)c3)c3ccc4ccc5c(N(c6cccc([Si](C)(C)C)c6)c6c(F)cc(-c7c([2H])c([2H])c([2H])c([2H])c7[2H])cc6-c6c([2H])c([2H])c([2H])c([2H])c6[2H])ccc6ccc3c4c65)c(-c3c([2H])c([2H])c([2H])c([2H])c3[2H])c2)c([2H])c1[2H]. The van der Waals surface area contributed by atoms with Crippen LogP contribution in [0.2, 0.25) is 39.3 Å². The summed E-state index contributed by atoms with van der Waals surface area (Å²) in [6.07, 6.45) is 0. The second-order valence-electron chi connectivity index (χ2n) is 20.6. The van der Waals surface area contributed by atoms with Crippen LogP contribution in [-0.2, 0) is 0 Å². The van der Waals surface area contributed by atoms with Gasteiger partial charge in [-0.15, -0.1) is 0 Å². The van der Waals surface area contributed by atoms with Gasteiger partial charge < -0.3 is 9.80 Å². The molecule has 0 heterocycles. The van der Waals surface area contributed by atoms with E-state index in [0.717, 1.165) is 22.5 Å². The van der Waals surface area contributed by atoms with Crippen LogP contribution in [0, 0.1) is 11.6 Å². The molecule has 370 valence electrons. The lowest BCUT2D eigenvalue weighted by Gasteiger charge is -2.32. The van der Waals surface area contributed by atoms with Crippen molar-refractivity contribution in [3.05, 3.63) is 254 Å². The van der Waals surface area contributed by atoms with Crippen molar-refractivity contribution in [3.63, 3.8) is 0 Å². The highest BCUT2D eigenvalue weighted by atomic mass is 28.3. The number of nitrogens with zero attached hydrogens (tertiary/aromatic N) is 2. The predicted octanol–water partition coefficient (Wildman–Crippen LogP) is 19.6. The molecule has 0 atom stereocenters. The first-order chi connectivity index (χ1) is 45.1. The zero-order valence-electron chi connectivity index (χ0n) is 62.2. The second kappa shape index (κ2) is 19.4. The van der Waals surface area contributed by atoms with Gasteiger partial charge in [-0.1, -0.05) is 231 Å². The van der Waals surface area contributed by atoms with Gasteiger partial charge in [-0.3, -0.25) is 0 Å². The smallest absolute Gasteiger partial charge is 0.148 e. The van der Waals surface area contributed by atoms with Gasteiger partial charge in [0.15, 0.2) is 0 Å². The summed E-state index contributed by atoms with van der Waals surface area (Å²) in [5.74, 6) is -2.14. The van der Waals surface area contributed by atoms with Crippen molar-refractivity contribution in [2.45, 2.75) is 39.3 Å². The molecule has 0 aliphatic heterocycles. The molecule has 12 aromatic carbocycles. The number of benzene rings is 12. The molecule has 0 aliphatic rings. The molecule has 0 spiro atoms. The van der Waals surface area contributed by atoms with Crippen LogP contribution in [0.25, 0.3) is 76.8 Å². The average Bonchev–Trinajstić information content (AvgIpc) is 0.716. The molecule has 0 aromatic heterocycles. The maximum absolute atomic E-state index is 18.7. The van der Waals surface area contributed by atoms with Crippen LogP contribution in [-0.4, -0.2) is 16.1 Å². The lowest BCUT2D eigenvalue weighted by molar-refractivity contribution is 0.629. The molecular weight excluding hydrogens is 963 g/mol. The molecular formula is C70H58F2N2Si2. The minimum Gasteiger partial charge on any atom is -0.307 e. The average molecular weight is 1040 g/mol. The van der Waals surface area contributed by atoms with Gasteiger partial charge in [0.2, 0.25) is 0 Å². The molecule has 0 bridgehead atoms. The third-order valence-electron chi connectivity index (χ3n) is 13.7. The van der Waals surface area contributed by atoms with E-state index in [4.69, 9.17) is 21.9 Å². The Balaban J connectivity index is 1.21. The first-order valence-electron chi connectivity index (χ1n) is 34.6. The highest BCUT2D eigenvalue weighted by Gasteiger charge is 2.30. The summed E-state index contributed by atoms with van der Waals surface area (Å²) in [7, 11) is -4.51. The van der Waals surface area contributed by atoms with Crippen molar-refractivity contribution in [2.24, 2.45) is 0 Å². The second-order valence-corrected chi connectivity index (χ2v) is 30.7. The minimum absolute atomic E-state index is 0.247. The van der Waals surface area contributed by atoms with Gasteiger partial charge in [-0.25, -0.2) is 8.78 Å². The topological polar surface area (TPSA) is 6.48 Å². The molecule has 0 aliphatic carbocycles. The maximum Gasteiger partial charge on any atom is 0.148 e. The maximum atomic E-state index is 18.7. The van der Waals surface area contributed by atoms with Crippen LogP contribution in [0.3, 0.4) is 0 Å². The summed E-state index contributed by atoms with van der Waals surface area (Å²) >= 11 is 0. The molecule has 2 nitrogen and oxygen atoms in total. The molecule has 0 saturated carbocycles. The van der Waals surface area contributed by atoms with E-state index < -0.39 is 171 Å². The molecule has 12 rings (SSSR count). The number of hydrogen-bond acceptors (Lipinski definition) is 2. The Bertz CT molecular complexity index is 4900. The third-order valence-corrected chi connectivity index (χ3v) is 17.8. The van der Waals surface area contributed by atoms with Gasteiger partial charge in [-0.2, -0.15) is 0 Å². The van der Waals surface area contributed by atoms with Crippen molar-refractivity contribution in [1.82, 2.24) is 0 Å². The molecule has 6 heteroatoms. The third kappa shape index (κ3) is 8.87. The summed E-state index contributed by atoms with van der Waals surface area (Å²) in [6.45, 7) is 12.7. The molecule has 0 radical (unpaired) electrons. The normalized spacial score (nSPS) is 15.6. The van der Waals surface area contributed by atoms with Gasteiger partial charge in [0.25, 0.3) is 0 Å². The predicted molar refractivity (Wildman–Crippen MR) is 327 cm³/mol. The van der Waals surface area contributed by atoms with Crippen LogP contribution >= 0.6 is 0 Å². The van der Waals surface area contributed by atoms with Crippen molar-refractivity contribution >= 4 is 93.0 Å². The van der Waals surface area contributed by atoms with Gasteiger partial charge in [-0.05, 0) is 116 Å². The largest absolute Gasteiger partial charge is 0.307 e. The Kier molecular flexibility index (Phi) is 7.85. The van der Waals surface area contributed by atoms with E-state index in [2.05, 4.69) is 39.3 Å². The van der Waals surface area contributed by atoms with Crippen molar-refractivity contribution in [3.8, 4) is 44.5 Å². The highest BCUT2D eigenvalue weighted by Crippen LogP contribution is 2.52. The fourth-order valence-electron chi connectivity index (χ4n) is 10.0. The Labute approximate surface area is 475 Å². The molecule has 0 unspecified atom stereocenters. The van der Waals surface area contributed by atoms with Crippen LogP contribution in [0.5, 0.6) is 0 Å². The van der Waals surface area contributed by atoms with E-state index in [1.807, 2.05) is 72.8 Å². The molecule has 0 fully saturated rings.